The first-order valence-corrected chi connectivity index (χ1v) is 6.74. The van der Waals surface area contributed by atoms with Crippen LogP contribution in [0.1, 0.15) is 31.7 Å². The van der Waals surface area contributed by atoms with E-state index >= 15 is 0 Å². The van der Waals surface area contributed by atoms with Crippen molar-refractivity contribution < 1.29 is 9.90 Å². The van der Waals surface area contributed by atoms with Crippen molar-refractivity contribution in [3.8, 4) is 0 Å². The van der Waals surface area contributed by atoms with Gasteiger partial charge in [-0.25, -0.2) is 4.98 Å². The molecular formula is C11H17ClN2O2S. The second-order valence-corrected chi connectivity index (χ2v) is 5.87. The average molecular weight is 277 g/mol. The predicted molar refractivity (Wildman–Crippen MR) is 69.5 cm³/mol. The van der Waals surface area contributed by atoms with Crippen LogP contribution in [0.2, 0.25) is 4.34 Å². The molecule has 0 fully saturated rings. The van der Waals surface area contributed by atoms with Crippen LogP contribution < -0.4 is 0 Å². The van der Waals surface area contributed by atoms with Crippen molar-refractivity contribution in [2.45, 2.75) is 39.3 Å². The highest BCUT2D eigenvalue weighted by molar-refractivity contribution is 7.15. The summed E-state index contributed by atoms with van der Waals surface area (Å²) in [5.41, 5.74) is 0. The Morgan fingerprint density at radius 2 is 2.35 bits per heavy atom. The zero-order valence-corrected chi connectivity index (χ0v) is 11.6. The third-order valence-electron chi connectivity index (χ3n) is 2.43. The summed E-state index contributed by atoms with van der Waals surface area (Å²) in [6.45, 7) is 5.68. The third-order valence-corrected chi connectivity index (χ3v) is 3.53. The van der Waals surface area contributed by atoms with Gasteiger partial charge in [0.2, 0.25) is 0 Å². The normalized spacial score (nSPS) is 11.4. The molecule has 1 heterocycles. The number of hydrogen-bond acceptors (Lipinski definition) is 4. The summed E-state index contributed by atoms with van der Waals surface area (Å²) in [4.78, 5) is 16.9. The van der Waals surface area contributed by atoms with E-state index in [4.69, 9.17) is 16.7 Å². The van der Waals surface area contributed by atoms with E-state index in [1.165, 1.54) is 11.3 Å². The van der Waals surface area contributed by atoms with Crippen molar-refractivity contribution in [3.05, 3.63) is 15.5 Å². The van der Waals surface area contributed by atoms with E-state index in [-0.39, 0.29) is 6.42 Å². The van der Waals surface area contributed by atoms with Gasteiger partial charge in [0, 0.05) is 12.5 Å². The van der Waals surface area contributed by atoms with Crippen molar-refractivity contribution in [3.63, 3.8) is 0 Å². The van der Waals surface area contributed by atoms with E-state index in [2.05, 4.69) is 23.7 Å². The molecule has 4 nitrogen and oxygen atoms in total. The smallest absolute Gasteiger partial charge is 0.303 e. The molecule has 0 aromatic carbocycles. The van der Waals surface area contributed by atoms with E-state index in [1.54, 1.807) is 6.20 Å². The van der Waals surface area contributed by atoms with Crippen LogP contribution in [0.15, 0.2) is 6.20 Å². The zero-order valence-electron chi connectivity index (χ0n) is 10.0. The average Bonchev–Trinajstić information content (AvgIpc) is 2.62. The van der Waals surface area contributed by atoms with Gasteiger partial charge in [-0.3, -0.25) is 9.69 Å². The second kappa shape index (κ2) is 6.93. The van der Waals surface area contributed by atoms with Gasteiger partial charge in [-0.1, -0.05) is 11.6 Å². The molecule has 0 radical (unpaired) electrons. The lowest BCUT2D eigenvalue weighted by atomic mass is 10.2. The number of aromatic nitrogens is 1. The first kappa shape index (κ1) is 14.4. The lowest BCUT2D eigenvalue weighted by Gasteiger charge is -2.25. The van der Waals surface area contributed by atoms with Crippen molar-refractivity contribution in [1.82, 2.24) is 9.88 Å². The summed E-state index contributed by atoms with van der Waals surface area (Å²) in [5.74, 6) is -0.744. The van der Waals surface area contributed by atoms with Crippen molar-refractivity contribution in [2.24, 2.45) is 0 Å². The van der Waals surface area contributed by atoms with E-state index in [9.17, 15) is 4.79 Å². The molecule has 96 valence electrons. The van der Waals surface area contributed by atoms with Crippen LogP contribution in [-0.2, 0) is 11.3 Å². The molecule has 0 amide bonds. The Bertz CT molecular complexity index is 368. The minimum atomic E-state index is -0.744. The number of hydrogen-bond donors (Lipinski definition) is 1. The van der Waals surface area contributed by atoms with Gasteiger partial charge < -0.3 is 5.11 Å². The van der Waals surface area contributed by atoms with Gasteiger partial charge in [-0.2, -0.15) is 0 Å². The molecule has 0 bridgehead atoms. The van der Waals surface area contributed by atoms with Crippen LogP contribution >= 0.6 is 22.9 Å². The summed E-state index contributed by atoms with van der Waals surface area (Å²) in [5, 5.41) is 9.58. The van der Waals surface area contributed by atoms with Crippen LogP contribution in [0.3, 0.4) is 0 Å². The molecule has 0 aliphatic heterocycles. The van der Waals surface area contributed by atoms with E-state index in [1.807, 2.05) is 0 Å². The molecule has 0 saturated heterocycles. The van der Waals surface area contributed by atoms with Gasteiger partial charge in [0.05, 0.1) is 12.7 Å². The maximum Gasteiger partial charge on any atom is 0.303 e. The van der Waals surface area contributed by atoms with Crippen LogP contribution in [0.4, 0.5) is 0 Å². The fourth-order valence-electron chi connectivity index (χ4n) is 1.49. The highest BCUT2D eigenvalue weighted by Crippen LogP contribution is 2.20. The van der Waals surface area contributed by atoms with Crippen LogP contribution in [0.25, 0.3) is 0 Å². The first-order chi connectivity index (χ1) is 7.99. The Morgan fingerprint density at radius 3 is 2.82 bits per heavy atom. The van der Waals surface area contributed by atoms with Crippen LogP contribution in [-0.4, -0.2) is 33.5 Å². The van der Waals surface area contributed by atoms with Gasteiger partial charge in [-0.05, 0) is 26.8 Å². The maximum atomic E-state index is 10.5. The quantitative estimate of drug-likeness (QED) is 0.832. The first-order valence-electron chi connectivity index (χ1n) is 5.55. The van der Waals surface area contributed by atoms with Gasteiger partial charge in [0.15, 0.2) is 0 Å². The van der Waals surface area contributed by atoms with Gasteiger partial charge in [-0.15, -0.1) is 11.3 Å². The zero-order chi connectivity index (χ0) is 12.8. The molecule has 0 aliphatic rings. The number of carboxylic acid groups (broad SMARTS) is 1. The van der Waals surface area contributed by atoms with Gasteiger partial charge in [0.1, 0.15) is 9.34 Å². The topological polar surface area (TPSA) is 53.4 Å². The summed E-state index contributed by atoms with van der Waals surface area (Å²) in [6.07, 6.45) is 2.52. The van der Waals surface area contributed by atoms with Gasteiger partial charge in [0.25, 0.3) is 0 Å². The van der Waals surface area contributed by atoms with E-state index in [0.29, 0.717) is 16.8 Å². The Balaban J connectivity index is 2.46. The molecule has 0 saturated carbocycles. The number of nitrogens with zero attached hydrogens (tertiary/aromatic N) is 2. The molecular weight excluding hydrogens is 260 g/mol. The number of thiazole rings is 1. The Labute approximate surface area is 110 Å². The molecule has 0 spiro atoms. The van der Waals surface area contributed by atoms with E-state index < -0.39 is 5.97 Å². The standard InChI is InChI=1S/C11H17ClN2O2S/c1-8(2)14(5-3-4-11(15)16)7-10-13-6-9(12)17-10/h6,8H,3-5,7H2,1-2H3,(H,15,16). The summed E-state index contributed by atoms with van der Waals surface area (Å²) in [7, 11) is 0. The number of halogens is 1. The van der Waals surface area contributed by atoms with Crippen molar-refractivity contribution in [1.29, 1.82) is 0 Å². The molecule has 1 rings (SSSR count). The molecule has 0 aliphatic carbocycles. The number of rotatable bonds is 7. The Kier molecular flexibility index (Phi) is 5.88. The number of carboxylic acids is 1. The van der Waals surface area contributed by atoms with E-state index in [0.717, 1.165) is 18.1 Å². The van der Waals surface area contributed by atoms with Crippen molar-refractivity contribution in [2.75, 3.05) is 6.54 Å². The largest absolute Gasteiger partial charge is 0.481 e. The number of carbonyl (C=O) groups is 1. The molecule has 6 heteroatoms. The molecule has 1 N–H and O–H groups in total. The minimum Gasteiger partial charge on any atom is -0.481 e. The molecule has 0 atom stereocenters. The maximum absolute atomic E-state index is 10.5. The Hall–Kier alpha value is -0.650. The SMILES string of the molecule is CC(C)N(CCCC(=O)O)Cc1ncc(Cl)s1. The van der Waals surface area contributed by atoms with Crippen LogP contribution in [0, 0.1) is 0 Å². The lowest BCUT2D eigenvalue weighted by molar-refractivity contribution is -0.137. The Morgan fingerprint density at radius 1 is 1.65 bits per heavy atom. The lowest BCUT2D eigenvalue weighted by Crippen LogP contribution is -2.31. The highest BCUT2D eigenvalue weighted by atomic mass is 35.5. The summed E-state index contributed by atoms with van der Waals surface area (Å²) in [6, 6.07) is 0.367. The number of aliphatic carboxylic acids is 1. The monoisotopic (exact) mass is 276 g/mol. The molecule has 17 heavy (non-hydrogen) atoms. The highest BCUT2D eigenvalue weighted by Gasteiger charge is 2.12. The molecule has 1 aromatic rings. The van der Waals surface area contributed by atoms with Crippen LogP contribution in [0.5, 0.6) is 0 Å². The fraction of sp³-hybridized carbons (Fsp3) is 0.636. The third kappa shape index (κ3) is 5.48. The van der Waals surface area contributed by atoms with Crippen molar-refractivity contribution >= 4 is 28.9 Å². The molecule has 0 unspecified atom stereocenters. The fourth-order valence-corrected chi connectivity index (χ4v) is 2.47. The summed E-state index contributed by atoms with van der Waals surface area (Å²) >= 11 is 7.30. The molecule has 1 aromatic heterocycles. The predicted octanol–water partition coefficient (Wildman–Crippen LogP) is 2.87. The summed E-state index contributed by atoms with van der Waals surface area (Å²) < 4.78 is 0.689. The second-order valence-electron chi connectivity index (χ2n) is 4.12. The minimum absolute atomic E-state index is 0.210. The van der Waals surface area contributed by atoms with Gasteiger partial charge >= 0.3 is 5.97 Å².